The molecule has 0 heterocycles. The third-order valence-corrected chi connectivity index (χ3v) is 17.2. The Morgan fingerprint density at radius 2 is 0.663 bits per heavy atom. The Labute approximate surface area is 533 Å². The molecule has 2 unspecified atom stereocenters. The molecule has 9 nitrogen and oxygen atoms in total. The second-order valence-corrected chi connectivity index (χ2v) is 27.3. The van der Waals surface area contributed by atoms with Crippen molar-refractivity contribution < 1.29 is 42.1 Å². The molecule has 0 spiro atoms. The zero-order valence-corrected chi connectivity index (χ0v) is 58.2. The van der Waals surface area contributed by atoms with Gasteiger partial charge in [0.25, 0.3) is 7.82 Å². The number of hydrogen-bond donors (Lipinski definition) is 0. The first-order chi connectivity index (χ1) is 42.0. The van der Waals surface area contributed by atoms with Gasteiger partial charge in [0.2, 0.25) is 0 Å². The van der Waals surface area contributed by atoms with E-state index < -0.39 is 26.5 Å². The monoisotopic (exact) mass is 1230 g/mol. The number of unbranched alkanes of at least 4 members (excludes halogenated alkanes) is 42. The van der Waals surface area contributed by atoms with Crippen LogP contribution in [0.4, 0.5) is 0 Å². The largest absolute Gasteiger partial charge is 0.756 e. The van der Waals surface area contributed by atoms with E-state index in [2.05, 4.69) is 86.8 Å². The van der Waals surface area contributed by atoms with Gasteiger partial charge in [-0.05, 0) is 83.5 Å². The maximum absolute atomic E-state index is 12.9. The average molecular weight is 1230 g/mol. The van der Waals surface area contributed by atoms with E-state index in [-0.39, 0.29) is 32.0 Å². The molecule has 0 saturated carbocycles. The number of hydrogen-bond acceptors (Lipinski definition) is 8. The molecule has 0 aliphatic carbocycles. The average Bonchev–Trinajstić information content (AvgIpc) is 3.53. The van der Waals surface area contributed by atoms with Gasteiger partial charge < -0.3 is 27.9 Å². The molecule has 0 aromatic heterocycles. The van der Waals surface area contributed by atoms with Crippen molar-refractivity contribution in [2.45, 2.75) is 354 Å². The number of phosphoric ester groups is 1. The van der Waals surface area contributed by atoms with Crippen LogP contribution in [-0.2, 0) is 32.7 Å². The first-order valence-electron chi connectivity index (χ1n) is 36.6. The van der Waals surface area contributed by atoms with Crippen LogP contribution in [0.3, 0.4) is 0 Å². The minimum absolute atomic E-state index is 0.0308. The predicted molar refractivity (Wildman–Crippen MR) is 370 cm³/mol. The molecule has 0 bridgehead atoms. The van der Waals surface area contributed by atoms with E-state index in [1.54, 1.807) is 0 Å². The Bertz CT molecular complexity index is 1680. The molecule has 0 saturated heterocycles. The lowest BCUT2D eigenvalue weighted by atomic mass is 10.0. The molecule has 0 radical (unpaired) electrons. The first kappa shape index (κ1) is 83.5. The molecule has 0 N–H and O–H groups in total. The van der Waals surface area contributed by atoms with E-state index in [9.17, 15) is 19.0 Å². The number of ether oxygens (including phenoxy) is 2. The molecule has 0 aliphatic rings. The second-order valence-electron chi connectivity index (χ2n) is 25.9. The van der Waals surface area contributed by atoms with Crippen molar-refractivity contribution in [3.05, 3.63) is 72.9 Å². The van der Waals surface area contributed by atoms with E-state index in [4.69, 9.17) is 18.5 Å². The van der Waals surface area contributed by atoms with Gasteiger partial charge >= 0.3 is 11.9 Å². The number of phosphoric acid groups is 1. The normalized spacial score (nSPS) is 13.5. The third kappa shape index (κ3) is 70.5. The summed E-state index contributed by atoms with van der Waals surface area (Å²) in [5, 5.41) is 0. The van der Waals surface area contributed by atoms with Crippen molar-refractivity contribution in [2.24, 2.45) is 0 Å². The van der Waals surface area contributed by atoms with Crippen LogP contribution in [0.25, 0.3) is 0 Å². The van der Waals surface area contributed by atoms with Crippen molar-refractivity contribution in [1.29, 1.82) is 0 Å². The molecule has 86 heavy (non-hydrogen) atoms. The van der Waals surface area contributed by atoms with Crippen molar-refractivity contribution in [3.63, 3.8) is 0 Å². The summed E-state index contributed by atoms with van der Waals surface area (Å²) in [7, 11) is 1.18. The molecule has 0 aromatic carbocycles. The summed E-state index contributed by atoms with van der Waals surface area (Å²) >= 11 is 0. The Balaban J connectivity index is 3.96. The number of esters is 2. The van der Waals surface area contributed by atoms with Gasteiger partial charge in [-0.1, -0.05) is 324 Å². The molecule has 0 aromatic rings. The Morgan fingerprint density at radius 3 is 0.988 bits per heavy atom. The fraction of sp³-hybridized carbons (Fsp3) is 0.816. The third-order valence-electron chi connectivity index (χ3n) is 16.2. The molecule has 10 heteroatoms. The molecule has 0 amide bonds. The van der Waals surface area contributed by atoms with Gasteiger partial charge in [0.15, 0.2) is 6.10 Å². The van der Waals surface area contributed by atoms with Crippen LogP contribution in [0, 0.1) is 0 Å². The SMILES string of the molecule is CC/C=C\C/C=C\C/C=C\C/C=C\CCCCCCCCCCCCCCCCC(=O)OC(COC(=O)CCCCCCCCCCCCCCCCCCCCCCCCC/C=C\C/C=C\CCCCCCC)COP(=O)([O-])OCC[N+](C)(C)C. The maximum Gasteiger partial charge on any atom is 0.306 e. The minimum atomic E-state index is -4.64. The zero-order chi connectivity index (χ0) is 62.6. The number of carbonyl (C=O) groups is 2. The predicted octanol–water partition coefficient (Wildman–Crippen LogP) is 23.3. The minimum Gasteiger partial charge on any atom is -0.756 e. The number of quaternary nitrogens is 1. The van der Waals surface area contributed by atoms with Crippen LogP contribution in [-0.4, -0.2) is 70.0 Å². The van der Waals surface area contributed by atoms with E-state index in [0.29, 0.717) is 17.4 Å². The van der Waals surface area contributed by atoms with Crippen molar-refractivity contribution in [3.8, 4) is 0 Å². The summed E-state index contributed by atoms with van der Waals surface area (Å²) in [5.74, 6) is -0.819. The molecule has 502 valence electrons. The second kappa shape index (κ2) is 66.9. The fourth-order valence-electron chi connectivity index (χ4n) is 10.6. The lowest BCUT2D eigenvalue weighted by Crippen LogP contribution is -2.37. The highest BCUT2D eigenvalue weighted by molar-refractivity contribution is 7.45. The van der Waals surface area contributed by atoms with Crippen molar-refractivity contribution >= 4 is 19.8 Å². The van der Waals surface area contributed by atoms with Crippen LogP contribution in [0.1, 0.15) is 348 Å². The highest BCUT2D eigenvalue weighted by Gasteiger charge is 2.22. The van der Waals surface area contributed by atoms with Crippen molar-refractivity contribution in [1.82, 2.24) is 0 Å². The summed E-state index contributed by atoms with van der Waals surface area (Å²) in [4.78, 5) is 38.1. The molecule has 2 atom stereocenters. The maximum atomic E-state index is 12.9. The molecule has 0 rings (SSSR count). The fourth-order valence-corrected chi connectivity index (χ4v) is 11.4. The smallest absolute Gasteiger partial charge is 0.306 e. The van der Waals surface area contributed by atoms with Crippen LogP contribution in [0.5, 0.6) is 0 Å². The quantitative estimate of drug-likeness (QED) is 0.0195. The number of carbonyl (C=O) groups excluding carboxylic acids is 2. The Morgan fingerprint density at radius 1 is 0.372 bits per heavy atom. The molecule has 0 fully saturated rings. The topological polar surface area (TPSA) is 111 Å². The highest BCUT2D eigenvalue weighted by Crippen LogP contribution is 2.38. The van der Waals surface area contributed by atoms with Gasteiger partial charge in [-0.15, -0.1) is 0 Å². The highest BCUT2D eigenvalue weighted by atomic mass is 31.2. The zero-order valence-electron chi connectivity index (χ0n) is 57.3. The summed E-state index contributed by atoms with van der Waals surface area (Å²) in [6.45, 7) is 4.17. The lowest BCUT2D eigenvalue weighted by Gasteiger charge is -2.28. The standard InChI is InChI=1S/C76H140NO8P/c1-6-8-10-12-14-16-18-20-22-24-26-28-30-32-34-35-36-37-38-39-40-41-43-44-46-48-50-52-54-56-58-60-62-64-66-68-75(78)82-72-74(73-84-86(80,81)83-71-70-77(3,4)5)85-76(79)69-67-65-63-61-59-57-55-53-51-49-47-45-42-33-31-29-27-25-23-21-19-17-15-13-11-9-7-2/h9,11,15,17-18,20-21,23-24,26-27,29,74H,6-8,10,12-14,16,19,22,25,28,30-73H2,1-5H3/b11-9-,17-15-,20-18-,23-21-,26-24-,29-27-. The number of rotatable bonds is 68. The molecular weight excluding hydrogens is 1090 g/mol. The van der Waals surface area contributed by atoms with Gasteiger partial charge in [-0.25, -0.2) is 0 Å². The van der Waals surface area contributed by atoms with Crippen LogP contribution < -0.4 is 4.89 Å². The van der Waals surface area contributed by atoms with Gasteiger partial charge in [-0.2, -0.15) is 0 Å². The summed E-state index contributed by atoms with van der Waals surface area (Å²) in [5.41, 5.74) is 0. The summed E-state index contributed by atoms with van der Waals surface area (Å²) in [6, 6.07) is 0. The number of allylic oxidation sites excluding steroid dienone is 12. The van der Waals surface area contributed by atoms with Crippen LogP contribution in [0.15, 0.2) is 72.9 Å². The van der Waals surface area contributed by atoms with Gasteiger partial charge in [0, 0.05) is 12.8 Å². The summed E-state index contributed by atoms with van der Waals surface area (Å²) < 4.78 is 34.4. The molecule has 0 aliphatic heterocycles. The van der Waals surface area contributed by atoms with E-state index in [1.165, 1.54) is 244 Å². The van der Waals surface area contributed by atoms with Crippen molar-refractivity contribution in [2.75, 3.05) is 47.5 Å². The first-order valence-corrected chi connectivity index (χ1v) is 38.1. The van der Waals surface area contributed by atoms with E-state index >= 15 is 0 Å². The van der Waals surface area contributed by atoms with E-state index in [0.717, 1.165) is 70.6 Å². The van der Waals surface area contributed by atoms with Gasteiger partial charge in [-0.3, -0.25) is 14.2 Å². The number of nitrogens with zero attached hydrogens (tertiary/aromatic N) is 1. The van der Waals surface area contributed by atoms with Crippen LogP contribution in [0.2, 0.25) is 0 Å². The number of likely N-dealkylation sites (N-methyl/N-ethyl adjacent to an activating group) is 1. The summed E-state index contributed by atoms with van der Waals surface area (Å²) in [6.07, 6.45) is 90.0. The van der Waals surface area contributed by atoms with Gasteiger partial charge in [0.1, 0.15) is 19.8 Å². The van der Waals surface area contributed by atoms with Gasteiger partial charge in [0.05, 0.1) is 27.7 Å². The Hall–Kier alpha value is -2.55. The molecular formula is C76H140NO8P. The lowest BCUT2D eigenvalue weighted by molar-refractivity contribution is -0.870. The Kier molecular flexibility index (Phi) is 64.9. The van der Waals surface area contributed by atoms with Crippen LogP contribution >= 0.6 is 7.82 Å². The van der Waals surface area contributed by atoms with E-state index in [1.807, 2.05) is 21.1 Å².